The van der Waals surface area contributed by atoms with Crippen LogP contribution < -0.4 is 0 Å². The van der Waals surface area contributed by atoms with Gasteiger partial charge in [-0.15, -0.1) is 0 Å². The maximum Gasteiger partial charge on any atom is 0.257 e. The summed E-state index contributed by atoms with van der Waals surface area (Å²) in [6.07, 6.45) is 9.55. The van der Waals surface area contributed by atoms with E-state index in [0.29, 0.717) is 25.2 Å². The lowest BCUT2D eigenvalue weighted by Gasteiger charge is -2.39. The number of nitrogens with zero attached hydrogens (tertiary/aromatic N) is 5. The number of likely N-dealkylation sites (tertiary alicyclic amines) is 1. The number of amides is 2. The van der Waals surface area contributed by atoms with E-state index in [9.17, 15) is 9.59 Å². The highest BCUT2D eigenvalue weighted by Crippen LogP contribution is 2.20. The molecule has 3 rings (SSSR count). The summed E-state index contributed by atoms with van der Waals surface area (Å²) < 4.78 is 5.05. The van der Waals surface area contributed by atoms with Gasteiger partial charge >= 0.3 is 0 Å². The topological polar surface area (TPSA) is 88.5 Å². The van der Waals surface area contributed by atoms with E-state index in [2.05, 4.69) is 15.0 Å². The molecule has 2 aromatic heterocycles. The number of hydrogen-bond donors (Lipinski definition) is 0. The number of ether oxygens (including phenoxy) is 1. The highest BCUT2D eigenvalue weighted by molar-refractivity contribution is 5.93. The monoisotopic (exact) mass is 369 g/mol. The van der Waals surface area contributed by atoms with Crippen molar-refractivity contribution in [1.29, 1.82) is 0 Å². The highest BCUT2D eigenvalue weighted by Gasteiger charge is 2.31. The fourth-order valence-electron chi connectivity index (χ4n) is 3.30. The second-order valence-electron chi connectivity index (χ2n) is 6.49. The smallest absolute Gasteiger partial charge is 0.257 e. The molecule has 3 heterocycles. The molecule has 2 aromatic rings. The van der Waals surface area contributed by atoms with Gasteiger partial charge in [0, 0.05) is 57.6 Å². The number of rotatable bonds is 6. The summed E-state index contributed by atoms with van der Waals surface area (Å²) in [5, 5.41) is 0. The average molecular weight is 369 g/mol. The lowest BCUT2D eigenvalue weighted by atomic mass is 10.0. The van der Waals surface area contributed by atoms with Gasteiger partial charge in [0.25, 0.3) is 5.91 Å². The molecule has 8 heteroatoms. The summed E-state index contributed by atoms with van der Waals surface area (Å²) in [4.78, 5) is 40.9. The molecule has 27 heavy (non-hydrogen) atoms. The molecule has 1 unspecified atom stereocenters. The van der Waals surface area contributed by atoms with Crippen LogP contribution in [0.4, 0.5) is 0 Å². The molecule has 1 atom stereocenters. The third-order valence-corrected chi connectivity index (χ3v) is 4.60. The minimum atomic E-state index is -0.110. The molecule has 1 aliphatic rings. The van der Waals surface area contributed by atoms with Crippen molar-refractivity contribution >= 4 is 11.8 Å². The molecule has 0 N–H and O–H groups in total. The van der Waals surface area contributed by atoms with Crippen LogP contribution in [0.2, 0.25) is 0 Å². The van der Waals surface area contributed by atoms with Gasteiger partial charge in [-0.1, -0.05) is 6.07 Å². The van der Waals surface area contributed by atoms with Crippen LogP contribution in [0.3, 0.4) is 0 Å². The van der Waals surface area contributed by atoms with Crippen molar-refractivity contribution in [3.63, 3.8) is 0 Å². The normalized spacial score (nSPS) is 16.8. The van der Waals surface area contributed by atoms with Crippen molar-refractivity contribution in [2.75, 3.05) is 26.8 Å². The third kappa shape index (κ3) is 4.85. The van der Waals surface area contributed by atoms with E-state index in [1.807, 2.05) is 12.1 Å². The molecule has 0 saturated carbocycles. The van der Waals surface area contributed by atoms with Crippen LogP contribution in [0.5, 0.6) is 0 Å². The molecule has 1 fully saturated rings. The molecule has 8 nitrogen and oxygen atoms in total. The van der Waals surface area contributed by atoms with Crippen LogP contribution in [0.1, 0.15) is 28.8 Å². The van der Waals surface area contributed by atoms with Gasteiger partial charge < -0.3 is 14.5 Å². The first-order valence-electron chi connectivity index (χ1n) is 8.90. The molecule has 1 aliphatic heterocycles. The number of carbonyl (C=O) groups is 2. The van der Waals surface area contributed by atoms with Crippen molar-refractivity contribution in [3.8, 4) is 0 Å². The first kappa shape index (κ1) is 18.9. The number of hydrogen-bond acceptors (Lipinski definition) is 6. The van der Waals surface area contributed by atoms with Gasteiger partial charge in [0.2, 0.25) is 5.91 Å². The van der Waals surface area contributed by atoms with E-state index in [1.54, 1.807) is 22.2 Å². The Morgan fingerprint density at radius 1 is 1.26 bits per heavy atom. The standard InChI is InChI=1S/C19H23N5O3/c1-27-13-18(25)24(11-15-4-2-6-20-8-15)17-5-3-7-23(12-17)19(26)16-9-21-14-22-10-16/h2,4,6,8-10,14,17H,3,5,7,11-13H2,1H3. The largest absolute Gasteiger partial charge is 0.375 e. The van der Waals surface area contributed by atoms with Gasteiger partial charge in [0.15, 0.2) is 0 Å². The van der Waals surface area contributed by atoms with E-state index in [0.717, 1.165) is 18.4 Å². The first-order valence-corrected chi connectivity index (χ1v) is 8.90. The van der Waals surface area contributed by atoms with Gasteiger partial charge in [0.1, 0.15) is 12.9 Å². The van der Waals surface area contributed by atoms with Gasteiger partial charge in [-0.25, -0.2) is 9.97 Å². The minimum Gasteiger partial charge on any atom is -0.375 e. The number of aromatic nitrogens is 3. The summed E-state index contributed by atoms with van der Waals surface area (Å²) in [7, 11) is 1.51. The Morgan fingerprint density at radius 3 is 2.78 bits per heavy atom. The Kier molecular flexibility index (Phi) is 6.43. The molecule has 2 amide bonds. The zero-order chi connectivity index (χ0) is 19.1. The maximum absolute atomic E-state index is 12.7. The predicted octanol–water partition coefficient (Wildman–Crippen LogP) is 1.15. The Labute approximate surface area is 158 Å². The Balaban J connectivity index is 1.75. The first-order chi connectivity index (χ1) is 13.2. The molecule has 0 aromatic carbocycles. The highest BCUT2D eigenvalue weighted by atomic mass is 16.5. The van der Waals surface area contributed by atoms with Gasteiger partial charge in [-0.05, 0) is 24.5 Å². The predicted molar refractivity (Wildman–Crippen MR) is 97.6 cm³/mol. The molecule has 0 spiro atoms. The SMILES string of the molecule is COCC(=O)N(Cc1cccnc1)C1CCCN(C(=O)c2cncnc2)C1. The summed E-state index contributed by atoms with van der Waals surface area (Å²) in [5.74, 6) is -0.204. The fourth-order valence-corrected chi connectivity index (χ4v) is 3.30. The Morgan fingerprint density at radius 2 is 2.07 bits per heavy atom. The van der Waals surface area contributed by atoms with Crippen LogP contribution in [0.25, 0.3) is 0 Å². The van der Waals surface area contributed by atoms with Crippen molar-refractivity contribution < 1.29 is 14.3 Å². The van der Waals surface area contributed by atoms with Crippen LogP contribution in [0.15, 0.2) is 43.2 Å². The van der Waals surface area contributed by atoms with Crippen LogP contribution in [-0.4, -0.2) is 69.4 Å². The summed E-state index contributed by atoms with van der Waals surface area (Å²) in [6.45, 7) is 1.58. The molecule has 0 aliphatic carbocycles. The van der Waals surface area contributed by atoms with Gasteiger partial charge in [0.05, 0.1) is 5.56 Å². The minimum absolute atomic E-state index is 0.0111. The third-order valence-electron chi connectivity index (χ3n) is 4.60. The number of piperidine rings is 1. The van der Waals surface area contributed by atoms with Crippen molar-refractivity contribution in [2.45, 2.75) is 25.4 Å². The lowest BCUT2D eigenvalue weighted by Crippen LogP contribution is -2.52. The maximum atomic E-state index is 12.7. The average Bonchev–Trinajstić information content (AvgIpc) is 2.73. The Bertz CT molecular complexity index is 756. The van der Waals surface area contributed by atoms with Crippen molar-refractivity contribution in [3.05, 3.63) is 54.4 Å². The van der Waals surface area contributed by atoms with Crippen molar-refractivity contribution in [2.24, 2.45) is 0 Å². The van der Waals surface area contributed by atoms with E-state index in [4.69, 9.17) is 4.74 Å². The fraction of sp³-hybridized carbons (Fsp3) is 0.421. The van der Waals surface area contributed by atoms with Crippen LogP contribution in [0, 0.1) is 0 Å². The van der Waals surface area contributed by atoms with E-state index in [-0.39, 0.29) is 24.5 Å². The summed E-state index contributed by atoms with van der Waals surface area (Å²) in [5.41, 5.74) is 1.40. The van der Waals surface area contributed by atoms with Gasteiger partial charge in [-0.2, -0.15) is 0 Å². The molecule has 1 saturated heterocycles. The van der Waals surface area contributed by atoms with E-state index < -0.39 is 0 Å². The number of methoxy groups -OCH3 is 1. The molecular weight excluding hydrogens is 346 g/mol. The molecule has 0 bridgehead atoms. The molecule has 142 valence electrons. The number of pyridine rings is 1. The molecular formula is C19H23N5O3. The van der Waals surface area contributed by atoms with E-state index >= 15 is 0 Å². The quantitative estimate of drug-likeness (QED) is 0.759. The second-order valence-corrected chi connectivity index (χ2v) is 6.49. The number of carbonyl (C=O) groups excluding carboxylic acids is 2. The van der Waals surface area contributed by atoms with E-state index in [1.165, 1.54) is 25.8 Å². The van der Waals surface area contributed by atoms with Crippen LogP contribution >= 0.6 is 0 Å². The zero-order valence-corrected chi connectivity index (χ0v) is 15.3. The summed E-state index contributed by atoms with van der Waals surface area (Å²) >= 11 is 0. The van der Waals surface area contributed by atoms with Crippen molar-refractivity contribution in [1.82, 2.24) is 24.8 Å². The molecule has 0 radical (unpaired) electrons. The second kappa shape index (κ2) is 9.18. The zero-order valence-electron chi connectivity index (χ0n) is 15.3. The summed E-state index contributed by atoms with van der Waals surface area (Å²) in [6, 6.07) is 3.71. The lowest BCUT2D eigenvalue weighted by molar-refractivity contribution is -0.139. The van der Waals surface area contributed by atoms with Crippen LogP contribution in [-0.2, 0) is 16.1 Å². The van der Waals surface area contributed by atoms with Gasteiger partial charge in [-0.3, -0.25) is 14.6 Å². The Hall–Kier alpha value is -2.87.